The van der Waals surface area contributed by atoms with E-state index in [0.717, 1.165) is 27.9 Å². The third-order valence-corrected chi connectivity index (χ3v) is 5.22. The van der Waals surface area contributed by atoms with Crippen LogP contribution in [0.2, 0.25) is 0 Å². The highest BCUT2D eigenvalue weighted by Crippen LogP contribution is 2.27. The molecule has 0 aliphatic rings. The highest BCUT2D eigenvalue weighted by atomic mass is 32.2. The van der Waals surface area contributed by atoms with Crippen molar-refractivity contribution in [3.05, 3.63) is 84.2 Å². The lowest BCUT2D eigenvalue weighted by Crippen LogP contribution is -2.04. The average Bonchev–Trinajstić information content (AvgIpc) is 3.28. The molecule has 2 heterocycles. The summed E-state index contributed by atoms with van der Waals surface area (Å²) in [6, 6.07) is 16.5. The summed E-state index contributed by atoms with van der Waals surface area (Å²) in [6.07, 6.45) is 3.71. The van der Waals surface area contributed by atoms with Gasteiger partial charge >= 0.3 is 0 Å². The van der Waals surface area contributed by atoms with Gasteiger partial charge in [0.1, 0.15) is 11.6 Å². The summed E-state index contributed by atoms with van der Waals surface area (Å²) in [7, 11) is 1.97. The van der Waals surface area contributed by atoms with E-state index in [1.807, 2.05) is 36.0 Å². The van der Waals surface area contributed by atoms with Crippen LogP contribution in [0.25, 0.3) is 11.4 Å². The molecule has 0 N–H and O–H groups in total. The van der Waals surface area contributed by atoms with Crippen molar-refractivity contribution >= 4 is 11.8 Å². The summed E-state index contributed by atoms with van der Waals surface area (Å²) in [4.78, 5) is 4.36. The Morgan fingerprint density at radius 1 is 1.00 bits per heavy atom. The number of benzene rings is 2. The van der Waals surface area contributed by atoms with Gasteiger partial charge in [0, 0.05) is 25.0 Å². The van der Waals surface area contributed by atoms with E-state index >= 15 is 0 Å². The predicted octanol–water partition coefficient (Wildman–Crippen LogP) is 4.16. The molecule has 27 heavy (non-hydrogen) atoms. The van der Waals surface area contributed by atoms with Gasteiger partial charge in [-0.05, 0) is 29.8 Å². The smallest absolute Gasteiger partial charge is 0.192 e. The molecule has 0 aliphatic heterocycles. The van der Waals surface area contributed by atoms with E-state index in [1.54, 1.807) is 30.1 Å². The maximum Gasteiger partial charge on any atom is 0.192 e. The van der Waals surface area contributed by atoms with Crippen LogP contribution in [-0.2, 0) is 19.3 Å². The maximum atomic E-state index is 13.3. The van der Waals surface area contributed by atoms with Crippen LogP contribution in [-0.4, -0.2) is 24.3 Å². The molecule has 0 saturated heterocycles. The van der Waals surface area contributed by atoms with Crippen molar-refractivity contribution in [3.63, 3.8) is 0 Å². The average molecular weight is 379 g/mol. The van der Waals surface area contributed by atoms with Crippen molar-refractivity contribution in [2.24, 2.45) is 7.05 Å². The zero-order valence-corrected chi connectivity index (χ0v) is 15.6. The zero-order valence-electron chi connectivity index (χ0n) is 14.8. The number of nitrogens with zero attached hydrogens (tertiary/aromatic N) is 5. The molecule has 2 aromatic heterocycles. The number of aromatic nitrogens is 5. The van der Waals surface area contributed by atoms with Crippen molar-refractivity contribution in [1.29, 1.82) is 0 Å². The minimum absolute atomic E-state index is 0.266. The Morgan fingerprint density at radius 2 is 1.78 bits per heavy atom. The third-order valence-electron chi connectivity index (χ3n) is 4.25. The number of hydrogen-bond acceptors (Lipinski definition) is 4. The number of imidazole rings is 1. The molecule has 0 amide bonds. The first-order valence-corrected chi connectivity index (χ1v) is 9.51. The monoisotopic (exact) mass is 379 g/mol. The Kier molecular flexibility index (Phi) is 5.02. The molecule has 0 aliphatic carbocycles. The van der Waals surface area contributed by atoms with E-state index in [-0.39, 0.29) is 5.82 Å². The first-order chi connectivity index (χ1) is 13.2. The van der Waals surface area contributed by atoms with Crippen molar-refractivity contribution < 1.29 is 4.39 Å². The molecule has 0 spiro atoms. The molecule has 0 radical (unpaired) electrons. The SMILES string of the molecule is Cn1ccnc1CSc1nnc(-c2ccc(F)cc2)n1Cc1ccccc1. The molecule has 7 heteroatoms. The highest BCUT2D eigenvalue weighted by molar-refractivity contribution is 7.98. The fourth-order valence-electron chi connectivity index (χ4n) is 2.78. The van der Waals surface area contributed by atoms with E-state index < -0.39 is 0 Å². The molecule has 136 valence electrons. The van der Waals surface area contributed by atoms with E-state index in [2.05, 4.69) is 31.9 Å². The van der Waals surface area contributed by atoms with Gasteiger partial charge in [0.15, 0.2) is 11.0 Å². The van der Waals surface area contributed by atoms with Crippen LogP contribution in [0, 0.1) is 5.82 Å². The summed E-state index contributed by atoms with van der Waals surface area (Å²) < 4.78 is 17.4. The van der Waals surface area contributed by atoms with Crippen LogP contribution < -0.4 is 0 Å². The van der Waals surface area contributed by atoms with Crippen LogP contribution in [0.15, 0.2) is 72.1 Å². The lowest BCUT2D eigenvalue weighted by molar-refractivity contribution is 0.628. The molecule has 0 saturated carbocycles. The Bertz CT molecular complexity index is 1020. The van der Waals surface area contributed by atoms with E-state index in [9.17, 15) is 4.39 Å². The molecule has 0 fully saturated rings. The van der Waals surface area contributed by atoms with Gasteiger partial charge in [-0.15, -0.1) is 10.2 Å². The molecule has 0 bridgehead atoms. The first-order valence-electron chi connectivity index (χ1n) is 8.53. The number of halogens is 1. The van der Waals surface area contributed by atoms with Gasteiger partial charge in [-0.25, -0.2) is 9.37 Å². The summed E-state index contributed by atoms with van der Waals surface area (Å²) in [5.41, 5.74) is 1.99. The molecule has 0 atom stereocenters. The predicted molar refractivity (Wildman–Crippen MR) is 104 cm³/mol. The standard InChI is InChI=1S/C20H18FN5S/c1-25-12-11-22-18(25)14-27-20-24-23-19(16-7-9-17(21)10-8-16)26(20)13-15-5-3-2-4-6-15/h2-12H,13-14H2,1H3. The second-order valence-electron chi connectivity index (χ2n) is 6.13. The van der Waals surface area contributed by atoms with Crippen molar-refractivity contribution in [3.8, 4) is 11.4 Å². The second kappa shape index (κ2) is 7.75. The van der Waals surface area contributed by atoms with Gasteiger partial charge in [-0.1, -0.05) is 42.1 Å². The zero-order chi connectivity index (χ0) is 18.6. The molecule has 4 rings (SSSR count). The van der Waals surface area contributed by atoms with Gasteiger partial charge in [0.2, 0.25) is 0 Å². The van der Waals surface area contributed by atoms with Crippen molar-refractivity contribution in [2.45, 2.75) is 17.5 Å². The van der Waals surface area contributed by atoms with Gasteiger partial charge in [-0.2, -0.15) is 0 Å². The van der Waals surface area contributed by atoms with Crippen molar-refractivity contribution in [1.82, 2.24) is 24.3 Å². The summed E-state index contributed by atoms with van der Waals surface area (Å²) in [6.45, 7) is 0.642. The Labute approximate surface area is 160 Å². The quantitative estimate of drug-likeness (QED) is 0.472. The van der Waals surface area contributed by atoms with Gasteiger partial charge in [0.05, 0.1) is 12.3 Å². The first kappa shape index (κ1) is 17.5. The maximum absolute atomic E-state index is 13.3. The highest BCUT2D eigenvalue weighted by Gasteiger charge is 2.16. The number of rotatable bonds is 6. The van der Waals surface area contributed by atoms with Crippen LogP contribution in [0.1, 0.15) is 11.4 Å². The molecular formula is C20H18FN5S. The lowest BCUT2D eigenvalue weighted by atomic mass is 10.2. The third kappa shape index (κ3) is 3.93. The van der Waals surface area contributed by atoms with Gasteiger partial charge in [0.25, 0.3) is 0 Å². The van der Waals surface area contributed by atoms with Crippen LogP contribution in [0.3, 0.4) is 0 Å². The fraction of sp³-hybridized carbons (Fsp3) is 0.150. The topological polar surface area (TPSA) is 48.5 Å². The van der Waals surface area contributed by atoms with Crippen LogP contribution in [0.4, 0.5) is 4.39 Å². The molecular weight excluding hydrogens is 361 g/mol. The fourth-order valence-corrected chi connectivity index (χ4v) is 3.72. The van der Waals surface area contributed by atoms with Crippen molar-refractivity contribution in [2.75, 3.05) is 0 Å². The van der Waals surface area contributed by atoms with E-state index in [1.165, 1.54) is 12.1 Å². The second-order valence-corrected chi connectivity index (χ2v) is 7.07. The minimum Gasteiger partial charge on any atom is -0.337 e. The Hall–Kier alpha value is -2.93. The Balaban J connectivity index is 1.67. The van der Waals surface area contributed by atoms with Gasteiger partial charge in [-0.3, -0.25) is 4.57 Å². The number of thioether (sulfide) groups is 1. The molecule has 4 aromatic rings. The van der Waals surface area contributed by atoms with Crippen LogP contribution >= 0.6 is 11.8 Å². The van der Waals surface area contributed by atoms with Gasteiger partial charge < -0.3 is 4.57 Å². The number of aryl methyl sites for hydroxylation is 1. The number of hydrogen-bond donors (Lipinski definition) is 0. The molecule has 0 unspecified atom stereocenters. The largest absolute Gasteiger partial charge is 0.337 e. The van der Waals surface area contributed by atoms with E-state index in [0.29, 0.717) is 12.3 Å². The minimum atomic E-state index is -0.266. The molecule has 5 nitrogen and oxygen atoms in total. The summed E-state index contributed by atoms with van der Waals surface area (Å²) in [5.74, 6) is 2.12. The molecule has 2 aromatic carbocycles. The normalized spacial score (nSPS) is 11.0. The lowest BCUT2D eigenvalue weighted by Gasteiger charge is -2.10. The summed E-state index contributed by atoms with van der Waals surface area (Å²) in [5, 5.41) is 9.57. The van der Waals surface area contributed by atoms with Crippen LogP contribution in [0.5, 0.6) is 0 Å². The van der Waals surface area contributed by atoms with E-state index in [4.69, 9.17) is 0 Å². The Morgan fingerprint density at radius 3 is 2.48 bits per heavy atom. The summed E-state index contributed by atoms with van der Waals surface area (Å²) >= 11 is 1.59.